The number of ether oxygens (including phenoxy) is 3. The predicted octanol–water partition coefficient (Wildman–Crippen LogP) is 3.27. The van der Waals surface area contributed by atoms with Crippen LogP contribution in [0.3, 0.4) is 0 Å². The van der Waals surface area contributed by atoms with Gasteiger partial charge in [-0.15, -0.1) is 11.8 Å². The van der Waals surface area contributed by atoms with E-state index in [2.05, 4.69) is 5.32 Å². The zero-order valence-corrected chi connectivity index (χ0v) is 21.7. The van der Waals surface area contributed by atoms with Crippen molar-refractivity contribution in [2.75, 3.05) is 6.61 Å². The van der Waals surface area contributed by atoms with Gasteiger partial charge in [-0.2, -0.15) is 0 Å². The summed E-state index contributed by atoms with van der Waals surface area (Å²) in [5, 5.41) is 2.13. The van der Waals surface area contributed by atoms with Gasteiger partial charge in [0.05, 0.1) is 5.37 Å². The van der Waals surface area contributed by atoms with Crippen LogP contribution in [0, 0.1) is 5.92 Å². The molecule has 0 aliphatic carbocycles. The molecule has 2 saturated heterocycles. The van der Waals surface area contributed by atoms with Crippen LogP contribution in [-0.2, 0) is 41.8 Å². The number of amides is 2. The molecule has 0 aromatic heterocycles. The standard InChI is InChI=1S/C27H30N2O7S/c1-17(28-26(33)36-15-19-12-8-5-9-13-19)24(31)35-16-20-22(30)29-21(27(2,3)37-23(20)29)25(32)34-14-18-10-6-4-7-11-18/h4-13,17,20-21,23H,14-16H2,1-3H3,(H,28,33)/t17-,20-,21+,23-/m1/s1. The Bertz CT molecular complexity index is 1140. The van der Waals surface area contributed by atoms with Gasteiger partial charge in [0, 0.05) is 4.75 Å². The van der Waals surface area contributed by atoms with Crippen molar-refractivity contribution in [2.45, 2.75) is 56.2 Å². The normalized spacial score (nSPS) is 22.3. The molecule has 9 nitrogen and oxygen atoms in total. The number of hydrogen-bond acceptors (Lipinski definition) is 8. The van der Waals surface area contributed by atoms with E-state index in [0.717, 1.165) is 11.1 Å². The Morgan fingerprint density at radius 1 is 0.946 bits per heavy atom. The van der Waals surface area contributed by atoms with Crippen molar-refractivity contribution in [1.82, 2.24) is 10.2 Å². The van der Waals surface area contributed by atoms with Crippen molar-refractivity contribution in [3.05, 3.63) is 71.8 Å². The highest BCUT2D eigenvalue weighted by molar-refractivity contribution is 8.01. The topological polar surface area (TPSA) is 111 Å². The molecule has 2 heterocycles. The largest absolute Gasteiger partial charge is 0.463 e. The average Bonchev–Trinajstić information content (AvgIpc) is 3.14. The molecular weight excluding hydrogens is 496 g/mol. The number of rotatable bonds is 9. The maximum Gasteiger partial charge on any atom is 0.408 e. The molecule has 2 aliphatic rings. The molecule has 0 saturated carbocycles. The van der Waals surface area contributed by atoms with Gasteiger partial charge in [0.2, 0.25) is 5.91 Å². The van der Waals surface area contributed by atoms with Crippen LogP contribution in [0.25, 0.3) is 0 Å². The number of alkyl carbamates (subject to hydrolysis) is 1. The van der Waals surface area contributed by atoms with Gasteiger partial charge in [-0.3, -0.25) is 4.79 Å². The van der Waals surface area contributed by atoms with E-state index in [4.69, 9.17) is 14.2 Å². The molecule has 0 unspecified atom stereocenters. The molecule has 2 amide bonds. The molecule has 10 heteroatoms. The molecule has 37 heavy (non-hydrogen) atoms. The van der Waals surface area contributed by atoms with Gasteiger partial charge < -0.3 is 24.4 Å². The van der Waals surface area contributed by atoms with E-state index in [1.54, 1.807) is 0 Å². The van der Waals surface area contributed by atoms with Crippen LogP contribution in [0.5, 0.6) is 0 Å². The Morgan fingerprint density at radius 2 is 1.51 bits per heavy atom. The SMILES string of the molecule is C[C@@H](NC(=O)OCc1ccccc1)C(=O)OC[C@@H]1C(=O)N2[C@@H]1SC(C)(C)[C@@H]2C(=O)OCc1ccccc1. The molecule has 0 bridgehead atoms. The summed E-state index contributed by atoms with van der Waals surface area (Å²) < 4.78 is 15.4. The fraction of sp³-hybridized carbons (Fsp3) is 0.407. The van der Waals surface area contributed by atoms with Crippen molar-refractivity contribution in [2.24, 2.45) is 5.92 Å². The van der Waals surface area contributed by atoms with Crippen molar-refractivity contribution >= 4 is 35.7 Å². The second-order valence-corrected chi connectivity index (χ2v) is 11.3. The van der Waals surface area contributed by atoms with Gasteiger partial charge in [-0.25, -0.2) is 14.4 Å². The molecule has 2 aliphatic heterocycles. The highest BCUT2D eigenvalue weighted by Gasteiger charge is 2.64. The molecule has 2 aromatic rings. The fourth-order valence-corrected chi connectivity index (χ4v) is 5.99. The first-order valence-electron chi connectivity index (χ1n) is 12.0. The van der Waals surface area contributed by atoms with E-state index in [1.165, 1.54) is 23.6 Å². The van der Waals surface area contributed by atoms with Gasteiger partial charge in [0.25, 0.3) is 0 Å². The minimum absolute atomic E-state index is 0.0739. The van der Waals surface area contributed by atoms with Crippen LogP contribution in [-0.4, -0.2) is 57.7 Å². The molecule has 196 valence electrons. The summed E-state index contributed by atoms with van der Waals surface area (Å²) in [7, 11) is 0. The van der Waals surface area contributed by atoms with E-state index >= 15 is 0 Å². The van der Waals surface area contributed by atoms with Crippen molar-refractivity contribution in [1.29, 1.82) is 0 Å². The summed E-state index contributed by atoms with van der Waals surface area (Å²) in [4.78, 5) is 51.8. The minimum Gasteiger partial charge on any atom is -0.463 e. The van der Waals surface area contributed by atoms with Crippen LogP contribution in [0.1, 0.15) is 31.9 Å². The Labute approximate surface area is 219 Å². The first-order valence-corrected chi connectivity index (χ1v) is 12.9. The number of carbonyl (C=O) groups excluding carboxylic acids is 4. The monoisotopic (exact) mass is 526 g/mol. The van der Waals surface area contributed by atoms with Gasteiger partial charge in [0.15, 0.2) is 0 Å². The van der Waals surface area contributed by atoms with Crippen LogP contribution >= 0.6 is 11.8 Å². The molecule has 4 rings (SSSR count). The molecular formula is C27H30N2O7S. The Morgan fingerprint density at radius 3 is 2.11 bits per heavy atom. The number of thioether (sulfide) groups is 1. The lowest BCUT2D eigenvalue weighted by atomic mass is 9.92. The summed E-state index contributed by atoms with van der Waals surface area (Å²) in [5.74, 6) is -1.97. The number of nitrogens with zero attached hydrogens (tertiary/aromatic N) is 1. The van der Waals surface area contributed by atoms with Crippen LogP contribution in [0.2, 0.25) is 0 Å². The second-order valence-electron chi connectivity index (χ2n) is 9.52. The summed E-state index contributed by atoms with van der Waals surface area (Å²) >= 11 is 1.49. The predicted molar refractivity (Wildman–Crippen MR) is 136 cm³/mol. The lowest BCUT2D eigenvalue weighted by molar-refractivity contribution is -0.171. The third-order valence-electron chi connectivity index (χ3n) is 6.30. The summed E-state index contributed by atoms with van der Waals surface area (Å²) in [6, 6.07) is 16.8. The molecule has 2 aromatic carbocycles. The van der Waals surface area contributed by atoms with Gasteiger partial charge in [-0.05, 0) is 31.9 Å². The summed E-state index contributed by atoms with van der Waals surface area (Å²) in [5.41, 5.74) is 1.68. The van der Waals surface area contributed by atoms with Crippen LogP contribution < -0.4 is 5.32 Å². The second kappa shape index (κ2) is 11.2. The Balaban J connectivity index is 1.24. The van der Waals surface area contributed by atoms with Crippen molar-refractivity contribution < 1.29 is 33.4 Å². The Hall–Kier alpha value is -3.53. The highest BCUT2D eigenvalue weighted by atomic mass is 32.2. The van der Waals surface area contributed by atoms with Crippen molar-refractivity contribution in [3.8, 4) is 0 Å². The molecule has 1 N–H and O–H groups in total. The zero-order chi connectivity index (χ0) is 26.6. The van der Waals surface area contributed by atoms with Gasteiger partial charge in [-0.1, -0.05) is 60.7 Å². The molecule has 0 spiro atoms. The number of carbonyl (C=O) groups is 4. The van der Waals surface area contributed by atoms with Crippen LogP contribution in [0.4, 0.5) is 4.79 Å². The Kier molecular flexibility index (Phi) is 8.06. The fourth-order valence-electron chi connectivity index (χ4n) is 4.33. The van der Waals surface area contributed by atoms with E-state index in [0.29, 0.717) is 0 Å². The van der Waals surface area contributed by atoms with E-state index in [9.17, 15) is 19.2 Å². The lowest BCUT2D eigenvalue weighted by Gasteiger charge is -2.43. The first kappa shape index (κ1) is 26.5. The van der Waals surface area contributed by atoms with Crippen molar-refractivity contribution in [3.63, 3.8) is 0 Å². The molecule has 0 radical (unpaired) electrons. The summed E-state index contributed by atoms with van der Waals surface area (Å²) in [6.07, 6.45) is -0.746. The van der Waals surface area contributed by atoms with Gasteiger partial charge in [0.1, 0.15) is 37.8 Å². The summed E-state index contributed by atoms with van der Waals surface area (Å²) in [6.45, 7) is 5.33. The zero-order valence-electron chi connectivity index (χ0n) is 20.9. The van der Waals surface area contributed by atoms with Crippen LogP contribution in [0.15, 0.2) is 60.7 Å². The van der Waals surface area contributed by atoms with E-state index in [1.807, 2.05) is 74.5 Å². The quantitative estimate of drug-likeness (QED) is 0.301. The lowest BCUT2D eigenvalue weighted by Crippen LogP contribution is -2.64. The number of β-lactam (4-membered cyclic amide) rings is 1. The van der Waals surface area contributed by atoms with E-state index < -0.39 is 40.8 Å². The number of benzene rings is 2. The highest BCUT2D eigenvalue weighted by Crippen LogP contribution is 2.53. The average molecular weight is 527 g/mol. The van der Waals surface area contributed by atoms with E-state index in [-0.39, 0.29) is 31.1 Å². The number of fused-ring (bicyclic) bond motifs is 1. The number of esters is 2. The third kappa shape index (κ3) is 6.07. The molecule has 2 fully saturated rings. The maximum absolute atomic E-state index is 12.9. The smallest absolute Gasteiger partial charge is 0.408 e. The maximum atomic E-state index is 12.9. The van der Waals surface area contributed by atoms with Gasteiger partial charge >= 0.3 is 18.0 Å². The first-order chi connectivity index (χ1) is 17.7. The number of hydrogen-bond donors (Lipinski definition) is 1. The third-order valence-corrected chi connectivity index (χ3v) is 7.93. The number of nitrogens with one attached hydrogen (secondary N) is 1. The molecule has 4 atom stereocenters. The minimum atomic E-state index is -0.956.